The Morgan fingerprint density at radius 1 is 1.18 bits per heavy atom. The number of rotatable bonds is 7. The molecule has 4 aromatic rings. The Morgan fingerprint density at radius 3 is 2.65 bits per heavy atom. The van der Waals surface area contributed by atoms with Crippen LogP contribution < -0.4 is 10.9 Å². The molecule has 2 aromatic heterocycles. The average Bonchev–Trinajstić information content (AvgIpc) is 3.25. The monoisotopic (exact) mass is 484 g/mol. The number of nitrogens with zero attached hydrogens (tertiary/aromatic N) is 4. The van der Waals surface area contributed by atoms with E-state index < -0.39 is 26.6 Å². The van der Waals surface area contributed by atoms with E-state index in [-0.39, 0.29) is 29.6 Å². The van der Waals surface area contributed by atoms with E-state index in [0.717, 1.165) is 16.4 Å². The molecule has 0 atom stereocenters. The van der Waals surface area contributed by atoms with Crippen LogP contribution in [-0.4, -0.2) is 51.5 Å². The summed E-state index contributed by atoms with van der Waals surface area (Å²) in [6.07, 6.45) is 2.62. The molecule has 176 valence electrons. The summed E-state index contributed by atoms with van der Waals surface area (Å²) in [5, 5.41) is 7.19. The number of hydrogen-bond acceptors (Lipinski definition) is 6. The van der Waals surface area contributed by atoms with Gasteiger partial charge in [-0.1, -0.05) is 26.0 Å². The normalized spacial score (nSPS) is 11.8. The maximum Gasteiger partial charge on any atom is 0.261 e. The third kappa shape index (κ3) is 4.08. The fraction of sp³-hybridized carbons (Fsp3) is 0.182. The molecular weight excluding hydrogens is 463 g/mol. The van der Waals surface area contributed by atoms with Gasteiger partial charge in [-0.05, 0) is 30.3 Å². The lowest BCUT2D eigenvalue weighted by Crippen LogP contribution is -2.31. The van der Waals surface area contributed by atoms with E-state index in [1.165, 1.54) is 23.3 Å². The highest BCUT2D eigenvalue weighted by Crippen LogP contribution is 2.25. The summed E-state index contributed by atoms with van der Waals surface area (Å²) < 4.78 is 42.6. The molecule has 2 heterocycles. The summed E-state index contributed by atoms with van der Waals surface area (Å²) in [4.78, 5) is 31.1. The van der Waals surface area contributed by atoms with Gasteiger partial charge < -0.3 is 10.3 Å². The van der Waals surface area contributed by atoms with Gasteiger partial charge in [0.05, 0.1) is 23.9 Å². The summed E-state index contributed by atoms with van der Waals surface area (Å²) in [6, 6.07) is 9.87. The van der Waals surface area contributed by atoms with E-state index in [1.807, 2.05) is 0 Å². The Bertz CT molecular complexity index is 1540. The number of fused-ring (bicyclic) bond motifs is 1. The highest BCUT2D eigenvalue weighted by molar-refractivity contribution is 7.89. The first kappa shape index (κ1) is 23.3. The Morgan fingerprint density at radius 2 is 1.91 bits per heavy atom. The number of carbonyl (C=O) groups is 1. The molecule has 0 aliphatic heterocycles. The van der Waals surface area contributed by atoms with Crippen molar-refractivity contribution in [2.75, 3.05) is 18.4 Å². The van der Waals surface area contributed by atoms with Gasteiger partial charge in [0.25, 0.3) is 11.5 Å². The van der Waals surface area contributed by atoms with Crippen molar-refractivity contribution in [1.82, 2.24) is 24.1 Å². The van der Waals surface area contributed by atoms with Crippen molar-refractivity contribution in [3.05, 3.63) is 76.7 Å². The van der Waals surface area contributed by atoms with Crippen molar-refractivity contribution >= 4 is 32.7 Å². The Balaban J connectivity index is 1.71. The van der Waals surface area contributed by atoms with Crippen LogP contribution in [0.5, 0.6) is 0 Å². The summed E-state index contributed by atoms with van der Waals surface area (Å²) in [6.45, 7) is 3.62. The van der Waals surface area contributed by atoms with E-state index in [1.54, 1.807) is 38.1 Å². The second-order valence-electron chi connectivity index (χ2n) is 7.23. The molecule has 0 unspecified atom stereocenters. The molecule has 10 nitrogen and oxygen atoms in total. The molecule has 0 spiro atoms. The first-order chi connectivity index (χ1) is 16.3. The molecule has 4 rings (SSSR count). The van der Waals surface area contributed by atoms with E-state index in [9.17, 15) is 22.4 Å². The third-order valence-corrected chi connectivity index (χ3v) is 7.33. The lowest BCUT2D eigenvalue weighted by molar-refractivity contribution is 0.102. The van der Waals surface area contributed by atoms with Crippen LogP contribution in [0.1, 0.15) is 24.2 Å². The third-order valence-electron chi connectivity index (χ3n) is 5.27. The van der Waals surface area contributed by atoms with Crippen molar-refractivity contribution in [1.29, 1.82) is 0 Å². The number of hydrogen-bond donors (Lipinski definition) is 2. The first-order valence-electron chi connectivity index (χ1n) is 10.4. The zero-order chi connectivity index (χ0) is 24.5. The second-order valence-corrected chi connectivity index (χ2v) is 9.14. The number of halogens is 1. The Kier molecular flexibility index (Phi) is 6.26. The fourth-order valence-electron chi connectivity index (χ4n) is 3.54. The molecule has 0 saturated heterocycles. The maximum absolute atomic E-state index is 14.4. The van der Waals surface area contributed by atoms with E-state index >= 15 is 0 Å². The molecule has 34 heavy (non-hydrogen) atoms. The predicted molar refractivity (Wildman–Crippen MR) is 124 cm³/mol. The minimum Gasteiger partial charge on any atom is -0.320 e. The summed E-state index contributed by atoms with van der Waals surface area (Å²) >= 11 is 0. The first-order valence-corrected chi connectivity index (χ1v) is 11.8. The van der Waals surface area contributed by atoms with Crippen LogP contribution in [0, 0.1) is 5.82 Å². The summed E-state index contributed by atoms with van der Waals surface area (Å²) in [5.41, 5.74) is 0.659. The average molecular weight is 485 g/mol. The molecule has 0 aliphatic rings. The molecule has 0 fully saturated rings. The van der Waals surface area contributed by atoms with Gasteiger partial charge in [-0.3, -0.25) is 9.59 Å². The van der Waals surface area contributed by atoms with Gasteiger partial charge in [0.1, 0.15) is 16.1 Å². The number of aromatic amines is 1. The van der Waals surface area contributed by atoms with Crippen LogP contribution >= 0.6 is 0 Å². The number of sulfonamides is 1. The summed E-state index contributed by atoms with van der Waals surface area (Å²) in [7, 11) is -4.11. The minimum absolute atomic E-state index is 0.0400. The van der Waals surface area contributed by atoms with E-state index in [4.69, 9.17) is 0 Å². The van der Waals surface area contributed by atoms with Crippen LogP contribution in [-0.2, 0) is 10.0 Å². The van der Waals surface area contributed by atoms with E-state index in [2.05, 4.69) is 20.4 Å². The lowest BCUT2D eigenvalue weighted by Gasteiger charge is -2.19. The van der Waals surface area contributed by atoms with Crippen molar-refractivity contribution in [2.45, 2.75) is 18.7 Å². The number of benzene rings is 2. The van der Waals surface area contributed by atoms with Gasteiger partial charge in [-0.15, -0.1) is 0 Å². The molecule has 0 bridgehead atoms. The van der Waals surface area contributed by atoms with Crippen molar-refractivity contribution < 1.29 is 17.6 Å². The van der Waals surface area contributed by atoms with Crippen LogP contribution in [0.4, 0.5) is 10.1 Å². The van der Waals surface area contributed by atoms with Gasteiger partial charge in [-0.25, -0.2) is 22.5 Å². The molecule has 0 saturated carbocycles. The smallest absolute Gasteiger partial charge is 0.261 e. The standard InChI is InChI=1S/C22H21FN6O4S/c1-3-28(4-2)34(32,33)19-11-14(9-10-16(19)23)21(30)27-17-7-5-6-8-18(17)29-20-15(12-26-29)22(31)25-13-24-20/h5-13H,3-4H2,1-2H3,(H,27,30)(H,24,25,31). The van der Waals surface area contributed by atoms with Gasteiger partial charge in [0.15, 0.2) is 5.65 Å². The van der Waals surface area contributed by atoms with Crippen LogP contribution in [0.15, 0.2) is 64.7 Å². The number of anilines is 1. The van der Waals surface area contributed by atoms with Crippen molar-refractivity contribution in [2.24, 2.45) is 0 Å². The van der Waals surface area contributed by atoms with E-state index in [0.29, 0.717) is 17.0 Å². The largest absolute Gasteiger partial charge is 0.320 e. The van der Waals surface area contributed by atoms with Crippen LogP contribution in [0.25, 0.3) is 16.7 Å². The highest BCUT2D eigenvalue weighted by atomic mass is 32.2. The van der Waals surface area contributed by atoms with Gasteiger partial charge in [0.2, 0.25) is 10.0 Å². The number of nitrogens with one attached hydrogen (secondary N) is 2. The molecule has 0 radical (unpaired) electrons. The number of para-hydroxylation sites is 2. The number of carbonyl (C=O) groups excluding carboxylic acids is 1. The molecule has 2 aromatic carbocycles. The number of H-pyrrole nitrogens is 1. The van der Waals surface area contributed by atoms with Crippen molar-refractivity contribution in [3.63, 3.8) is 0 Å². The lowest BCUT2D eigenvalue weighted by atomic mass is 10.2. The SMILES string of the molecule is CCN(CC)S(=O)(=O)c1cc(C(=O)Nc2ccccc2-n2ncc3c(=O)[nH]cnc32)ccc1F. The minimum atomic E-state index is -4.11. The Labute approximate surface area is 194 Å². The predicted octanol–water partition coefficient (Wildman–Crippen LogP) is 2.53. The van der Waals surface area contributed by atoms with Gasteiger partial charge in [0, 0.05) is 18.7 Å². The topological polar surface area (TPSA) is 130 Å². The molecule has 2 N–H and O–H groups in total. The summed E-state index contributed by atoms with van der Waals surface area (Å²) in [5.74, 6) is -1.59. The van der Waals surface area contributed by atoms with Gasteiger partial charge in [-0.2, -0.15) is 9.40 Å². The zero-order valence-corrected chi connectivity index (χ0v) is 19.1. The highest BCUT2D eigenvalue weighted by Gasteiger charge is 2.26. The zero-order valence-electron chi connectivity index (χ0n) is 18.3. The molecule has 1 amide bonds. The quantitative estimate of drug-likeness (QED) is 0.415. The Hall–Kier alpha value is -3.90. The van der Waals surface area contributed by atoms with Crippen LogP contribution in [0.3, 0.4) is 0 Å². The number of aromatic nitrogens is 4. The second kappa shape index (κ2) is 9.15. The number of amides is 1. The maximum atomic E-state index is 14.4. The molecule has 0 aliphatic carbocycles. The van der Waals surface area contributed by atoms with Crippen LogP contribution in [0.2, 0.25) is 0 Å². The molecular formula is C22H21FN6O4S. The van der Waals surface area contributed by atoms with Crippen molar-refractivity contribution in [3.8, 4) is 5.69 Å². The van der Waals surface area contributed by atoms with Gasteiger partial charge >= 0.3 is 0 Å². The molecule has 12 heteroatoms. The fourth-order valence-corrected chi connectivity index (χ4v) is 5.08.